The summed E-state index contributed by atoms with van der Waals surface area (Å²) in [6.45, 7) is -0.0645. The lowest BCUT2D eigenvalue weighted by Gasteiger charge is -2.00. The van der Waals surface area contributed by atoms with Gasteiger partial charge in [0.1, 0.15) is 6.54 Å². The summed E-state index contributed by atoms with van der Waals surface area (Å²) in [7, 11) is 0. The lowest BCUT2D eigenvalue weighted by atomic mass is 10.5. The zero-order valence-corrected chi connectivity index (χ0v) is 7.78. The van der Waals surface area contributed by atoms with Gasteiger partial charge < -0.3 is 16.8 Å². The van der Waals surface area contributed by atoms with Crippen LogP contribution in [-0.4, -0.2) is 29.3 Å². The summed E-state index contributed by atoms with van der Waals surface area (Å²) >= 11 is 9.69. The molecule has 0 saturated heterocycles. The number of alkyl halides is 1. The number of hydrogen-bond acceptors (Lipinski definition) is 3. The molecule has 68 valence electrons. The first-order valence-corrected chi connectivity index (χ1v) is 3.94. The predicted octanol–water partition coefficient (Wildman–Crippen LogP) is -1.06. The quantitative estimate of drug-likeness (QED) is 0.238. The summed E-state index contributed by atoms with van der Waals surface area (Å²) in [5.74, 6) is -0.283. The summed E-state index contributed by atoms with van der Waals surface area (Å²) in [6.07, 6.45) is 0. The van der Waals surface area contributed by atoms with Gasteiger partial charge in [0.15, 0.2) is 16.9 Å². The highest BCUT2D eigenvalue weighted by atomic mass is 35.5. The SMILES string of the molecule is NC(=S)NC(N)=NCC(=O)CCl. The van der Waals surface area contributed by atoms with Crippen LogP contribution in [-0.2, 0) is 4.79 Å². The van der Waals surface area contributed by atoms with Gasteiger partial charge in [-0.05, 0) is 12.2 Å². The minimum Gasteiger partial charge on any atom is -0.376 e. The van der Waals surface area contributed by atoms with Crippen LogP contribution in [0.2, 0.25) is 0 Å². The number of rotatable bonds is 3. The molecule has 0 saturated carbocycles. The molecule has 0 fully saturated rings. The molecule has 0 spiro atoms. The summed E-state index contributed by atoms with van der Waals surface area (Å²) in [5, 5.41) is 2.37. The summed E-state index contributed by atoms with van der Waals surface area (Å²) in [6, 6.07) is 0. The Kier molecular flexibility index (Phi) is 5.31. The second kappa shape index (κ2) is 5.73. The fraction of sp³-hybridized carbons (Fsp3) is 0.400. The number of aliphatic imine (C=N–C) groups is 1. The van der Waals surface area contributed by atoms with Gasteiger partial charge in [-0.1, -0.05) is 0 Å². The molecule has 0 radical (unpaired) electrons. The van der Waals surface area contributed by atoms with E-state index in [0.717, 1.165) is 0 Å². The third kappa shape index (κ3) is 5.87. The Labute approximate surface area is 80.1 Å². The number of guanidine groups is 1. The van der Waals surface area contributed by atoms with Crippen LogP contribution < -0.4 is 16.8 Å². The predicted molar refractivity (Wildman–Crippen MR) is 52.1 cm³/mol. The minimum absolute atomic E-state index is 0.00886. The van der Waals surface area contributed by atoms with Gasteiger partial charge in [0.2, 0.25) is 0 Å². The van der Waals surface area contributed by atoms with Crippen LogP contribution in [0.5, 0.6) is 0 Å². The van der Waals surface area contributed by atoms with Gasteiger partial charge in [-0.15, -0.1) is 11.6 Å². The van der Waals surface area contributed by atoms with E-state index < -0.39 is 0 Å². The molecular weight excluding hydrogens is 200 g/mol. The molecular formula is C5H9ClN4OS. The van der Waals surface area contributed by atoms with Gasteiger partial charge in [-0.3, -0.25) is 4.79 Å². The van der Waals surface area contributed by atoms with Crippen molar-refractivity contribution in [3.05, 3.63) is 0 Å². The van der Waals surface area contributed by atoms with E-state index >= 15 is 0 Å². The largest absolute Gasteiger partial charge is 0.376 e. The molecule has 0 atom stereocenters. The Morgan fingerprint density at radius 2 is 2.17 bits per heavy atom. The molecule has 0 amide bonds. The van der Waals surface area contributed by atoms with Crippen LogP contribution in [0.3, 0.4) is 0 Å². The first-order chi connectivity index (χ1) is 5.56. The monoisotopic (exact) mass is 208 g/mol. The van der Waals surface area contributed by atoms with Crippen molar-refractivity contribution < 1.29 is 4.79 Å². The Morgan fingerprint density at radius 1 is 1.58 bits per heavy atom. The van der Waals surface area contributed by atoms with E-state index in [0.29, 0.717) is 0 Å². The third-order valence-corrected chi connectivity index (χ3v) is 1.23. The van der Waals surface area contributed by atoms with Crippen molar-refractivity contribution in [1.29, 1.82) is 0 Å². The van der Waals surface area contributed by atoms with Crippen molar-refractivity contribution >= 4 is 40.7 Å². The number of carbonyl (C=O) groups excluding carboxylic acids is 1. The van der Waals surface area contributed by atoms with Crippen LogP contribution in [0.25, 0.3) is 0 Å². The number of nitrogens with one attached hydrogen (secondary N) is 1. The number of halogens is 1. The molecule has 0 aliphatic heterocycles. The van der Waals surface area contributed by atoms with Crippen molar-refractivity contribution in [2.75, 3.05) is 12.4 Å². The van der Waals surface area contributed by atoms with Crippen molar-refractivity contribution in [3.8, 4) is 0 Å². The van der Waals surface area contributed by atoms with E-state index in [4.69, 9.17) is 23.1 Å². The molecule has 0 aromatic rings. The van der Waals surface area contributed by atoms with E-state index in [1.807, 2.05) is 0 Å². The van der Waals surface area contributed by atoms with Gasteiger partial charge in [0.05, 0.1) is 5.88 Å². The molecule has 0 heterocycles. The Bertz CT molecular complexity index is 217. The highest BCUT2D eigenvalue weighted by molar-refractivity contribution is 7.80. The lowest BCUT2D eigenvalue weighted by molar-refractivity contribution is -0.115. The number of Topliss-reactive ketones (excluding diaryl/α,β-unsaturated/α-hetero) is 1. The van der Waals surface area contributed by atoms with Crippen LogP contribution >= 0.6 is 23.8 Å². The maximum atomic E-state index is 10.6. The van der Waals surface area contributed by atoms with E-state index in [1.165, 1.54) is 0 Å². The maximum absolute atomic E-state index is 10.6. The standard InChI is InChI=1S/C5H9ClN4OS/c6-1-3(11)2-9-4(7)10-5(8)12/h1-2H2,(H5,7,8,9,10,12). The first-order valence-electron chi connectivity index (χ1n) is 3.00. The minimum atomic E-state index is -0.218. The van der Waals surface area contributed by atoms with Gasteiger partial charge in [0.25, 0.3) is 0 Å². The van der Waals surface area contributed by atoms with Crippen molar-refractivity contribution in [2.45, 2.75) is 0 Å². The van der Waals surface area contributed by atoms with E-state index in [9.17, 15) is 4.79 Å². The topological polar surface area (TPSA) is 93.5 Å². The molecule has 0 rings (SSSR count). The summed E-state index contributed by atoms with van der Waals surface area (Å²) in [5.41, 5.74) is 10.3. The zero-order chi connectivity index (χ0) is 9.56. The van der Waals surface area contributed by atoms with Gasteiger partial charge >= 0.3 is 0 Å². The number of hydrogen-bond donors (Lipinski definition) is 3. The molecule has 0 aliphatic carbocycles. The molecule has 5 nitrogen and oxygen atoms in total. The Balaban J connectivity index is 3.84. The average Bonchev–Trinajstić information content (AvgIpc) is 1.99. The van der Waals surface area contributed by atoms with Gasteiger partial charge in [-0.25, -0.2) is 4.99 Å². The average molecular weight is 209 g/mol. The fourth-order valence-corrected chi connectivity index (χ4v) is 0.570. The van der Waals surface area contributed by atoms with E-state index in [-0.39, 0.29) is 29.3 Å². The molecule has 0 aromatic heterocycles. The first kappa shape index (κ1) is 11.1. The molecule has 12 heavy (non-hydrogen) atoms. The Morgan fingerprint density at radius 3 is 2.58 bits per heavy atom. The maximum Gasteiger partial charge on any atom is 0.195 e. The number of thiocarbonyl (C=S) groups is 1. The fourth-order valence-electron chi connectivity index (χ4n) is 0.381. The Hall–Kier alpha value is -0.880. The number of nitrogens with two attached hydrogens (primary N) is 2. The summed E-state index contributed by atoms with van der Waals surface area (Å²) < 4.78 is 0. The van der Waals surface area contributed by atoms with E-state index in [2.05, 4.69) is 22.5 Å². The highest BCUT2D eigenvalue weighted by Gasteiger charge is 1.97. The van der Waals surface area contributed by atoms with Gasteiger partial charge in [-0.2, -0.15) is 0 Å². The molecule has 0 bridgehead atoms. The molecule has 5 N–H and O–H groups in total. The van der Waals surface area contributed by atoms with Crippen LogP contribution in [0, 0.1) is 0 Å². The van der Waals surface area contributed by atoms with Crippen molar-refractivity contribution in [1.82, 2.24) is 5.32 Å². The normalized spacial score (nSPS) is 10.9. The number of nitrogens with zero attached hydrogens (tertiary/aromatic N) is 1. The van der Waals surface area contributed by atoms with Gasteiger partial charge in [0, 0.05) is 0 Å². The third-order valence-electron chi connectivity index (χ3n) is 0.826. The second-order valence-electron chi connectivity index (χ2n) is 1.86. The van der Waals surface area contributed by atoms with Crippen LogP contribution in [0.4, 0.5) is 0 Å². The van der Waals surface area contributed by atoms with E-state index in [1.54, 1.807) is 0 Å². The number of carbonyl (C=O) groups is 1. The van der Waals surface area contributed by atoms with Crippen molar-refractivity contribution in [2.24, 2.45) is 16.5 Å². The zero-order valence-electron chi connectivity index (χ0n) is 6.21. The smallest absolute Gasteiger partial charge is 0.195 e. The molecule has 0 aromatic carbocycles. The summed E-state index contributed by atoms with van der Waals surface area (Å²) in [4.78, 5) is 14.2. The highest BCUT2D eigenvalue weighted by Crippen LogP contribution is 1.79. The van der Waals surface area contributed by atoms with Crippen molar-refractivity contribution in [3.63, 3.8) is 0 Å². The molecule has 7 heteroatoms. The van der Waals surface area contributed by atoms with Crippen LogP contribution in [0.1, 0.15) is 0 Å². The van der Waals surface area contributed by atoms with Crippen LogP contribution in [0.15, 0.2) is 4.99 Å². The molecule has 0 aliphatic rings. The second-order valence-corrected chi connectivity index (χ2v) is 2.57. The number of ketones is 1. The lowest BCUT2D eigenvalue weighted by Crippen LogP contribution is -2.40. The molecule has 0 unspecified atom stereocenters.